The molecule has 3 aliphatic rings. The van der Waals surface area contributed by atoms with Gasteiger partial charge in [0.25, 0.3) is 0 Å². The smallest absolute Gasteiger partial charge is 0.410 e. The number of piperidine rings is 1. The summed E-state index contributed by atoms with van der Waals surface area (Å²) in [7, 11) is 2.06. The fourth-order valence-electron chi connectivity index (χ4n) is 5.17. The predicted molar refractivity (Wildman–Crippen MR) is 111 cm³/mol. The van der Waals surface area contributed by atoms with Crippen LogP contribution in [0.3, 0.4) is 0 Å². The Kier molecular flexibility index (Phi) is 6.22. The SMILES string of the molecule is C=CCN(C(=O)Oc1ccccc1)C(=O)[C@@H]1C[C@@H]2CC3(CC[C@H]2N(C)C1)OCCO3. The van der Waals surface area contributed by atoms with E-state index >= 15 is 0 Å². The minimum Gasteiger partial charge on any atom is -0.410 e. The fourth-order valence-corrected chi connectivity index (χ4v) is 5.17. The first-order valence-electron chi connectivity index (χ1n) is 10.7. The highest BCUT2D eigenvalue weighted by molar-refractivity contribution is 5.94. The van der Waals surface area contributed by atoms with E-state index in [-0.39, 0.29) is 18.4 Å². The van der Waals surface area contributed by atoms with E-state index in [2.05, 4.69) is 18.5 Å². The van der Waals surface area contributed by atoms with E-state index < -0.39 is 11.9 Å². The van der Waals surface area contributed by atoms with Crippen LogP contribution in [0, 0.1) is 11.8 Å². The van der Waals surface area contributed by atoms with Crippen molar-refractivity contribution >= 4 is 12.0 Å². The lowest BCUT2D eigenvalue weighted by molar-refractivity contribution is -0.202. The van der Waals surface area contributed by atoms with Crippen LogP contribution in [-0.4, -0.2) is 67.0 Å². The average molecular weight is 415 g/mol. The van der Waals surface area contributed by atoms with E-state index in [9.17, 15) is 9.59 Å². The van der Waals surface area contributed by atoms with Gasteiger partial charge in [-0.3, -0.25) is 4.79 Å². The molecule has 1 aromatic carbocycles. The standard InChI is InChI=1S/C23H30N2O5/c1-3-11-25(22(27)30-19-7-5-4-6-8-19)21(26)18-14-17-15-23(28-12-13-29-23)10-9-20(17)24(2)16-18/h3-8,17-18,20H,1,9-16H2,2H3/t17-,18-,20-/m1/s1. The van der Waals surface area contributed by atoms with Gasteiger partial charge < -0.3 is 19.1 Å². The second kappa shape index (κ2) is 8.88. The topological polar surface area (TPSA) is 68.3 Å². The minimum absolute atomic E-state index is 0.120. The van der Waals surface area contributed by atoms with Crippen LogP contribution in [0.4, 0.5) is 4.79 Å². The lowest BCUT2D eigenvalue weighted by Gasteiger charge is -2.49. The van der Waals surface area contributed by atoms with E-state index in [1.807, 2.05) is 6.07 Å². The Morgan fingerprint density at radius 1 is 1.30 bits per heavy atom. The average Bonchev–Trinajstić information content (AvgIpc) is 3.19. The number of hydrogen-bond donors (Lipinski definition) is 0. The Balaban J connectivity index is 1.46. The lowest BCUT2D eigenvalue weighted by atomic mass is 9.72. The molecule has 162 valence electrons. The molecule has 2 heterocycles. The van der Waals surface area contributed by atoms with E-state index in [1.54, 1.807) is 30.3 Å². The molecule has 0 radical (unpaired) electrons. The van der Waals surface area contributed by atoms with Crippen molar-refractivity contribution in [3.05, 3.63) is 43.0 Å². The van der Waals surface area contributed by atoms with Gasteiger partial charge in [0.2, 0.25) is 5.91 Å². The number of nitrogens with zero attached hydrogens (tertiary/aromatic N) is 2. The Labute approximate surface area is 177 Å². The highest BCUT2D eigenvalue weighted by Crippen LogP contribution is 2.45. The molecular weight excluding hydrogens is 384 g/mol. The maximum absolute atomic E-state index is 13.3. The number of fused-ring (bicyclic) bond motifs is 1. The number of benzene rings is 1. The van der Waals surface area contributed by atoms with Crippen molar-refractivity contribution in [2.45, 2.75) is 37.5 Å². The maximum atomic E-state index is 13.3. The summed E-state index contributed by atoms with van der Waals surface area (Å²) in [5, 5.41) is 0. The predicted octanol–water partition coefficient (Wildman–Crippen LogP) is 3.06. The van der Waals surface area contributed by atoms with Crippen LogP contribution in [0.2, 0.25) is 0 Å². The van der Waals surface area contributed by atoms with Gasteiger partial charge in [-0.25, -0.2) is 9.69 Å². The molecule has 2 saturated heterocycles. The monoisotopic (exact) mass is 414 g/mol. The van der Waals surface area contributed by atoms with Gasteiger partial charge >= 0.3 is 6.09 Å². The van der Waals surface area contributed by atoms with Gasteiger partial charge in [0.05, 0.1) is 19.1 Å². The van der Waals surface area contributed by atoms with Crippen LogP contribution in [0.5, 0.6) is 5.75 Å². The first kappa shape index (κ1) is 21.0. The minimum atomic E-state index is -0.668. The van der Waals surface area contributed by atoms with Gasteiger partial charge in [-0.1, -0.05) is 24.3 Å². The number of rotatable bonds is 4. The summed E-state index contributed by atoms with van der Waals surface area (Å²) in [6.07, 6.45) is 4.28. The summed E-state index contributed by atoms with van der Waals surface area (Å²) >= 11 is 0. The van der Waals surface area contributed by atoms with E-state index in [0.29, 0.717) is 43.9 Å². The fraction of sp³-hybridized carbons (Fsp3) is 0.565. The molecule has 0 aromatic heterocycles. The van der Waals surface area contributed by atoms with Crippen LogP contribution in [0.15, 0.2) is 43.0 Å². The van der Waals surface area contributed by atoms with Gasteiger partial charge in [-0.15, -0.1) is 6.58 Å². The first-order valence-corrected chi connectivity index (χ1v) is 10.7. The number of amides is 2. The maximum Gasteiger partial charge on any atom is 0.422 e. The second-order valence-electron chi connectivity index (χ2n) is 8.47. The van der Waals surface area contributed by atoms with Gasteiger partial charge in [0, 0.05) is 32.0 Å². The van der Waals surface area contributed by atoms with E-state index in [4.69, 9.17) is 14.2 Å². The number of likely N-dealkylation sites (tertiary alicyclic amines) is 1. The van der Waals surface area contributed by atoms with Crippen LogP contribution in [0.25, 0.3) is 0 Å². The summed E-state index contributed by atoms with van der Waals surface area (Å²) < 4.78 is 17.3. The van der Waals surface area contributed by atoms with Crippen molar-refractivity contribution < 1.29 is 23.8 Å². The molecule has 1 aliphatic carbocycles. The summed E-state index contributed by atoms with van der Waals surface area (Å²) in [5.41, 5.74) is 0. The van der Waals surface area contributed by atoms with Crippen LogP contribution >= 0.6 is 0 Å². The Morgan fingerprint density at radius 2 is 2.03 bits per heavy atom. The third-order valence-electron chi connectivity index (χ3n) is 6.51. The van der Waals surface area contributed by atoms with Crippen molar-refractivity contribution in [1.82, 2.24) is 9.80 Å². The van der Waals surface area contributed by atoms with Crippen molar-refractivity contribution in [1.29, 1.82) is 0 Å². The van der Waals surface area contributed by atoms with Gasteiger partial charge in [-0.05, 0) is 37.9 Å². The quantitative estimate of drug-likeness (QED) is 0.706. The van der Waals surface area contributed by atoms with Crippen molar-refractivity contribution in [2.24, 2.45) is 11.8 Å². The third-order valence-corrected chi connectivity index (χ3v) is 6.51. The zero-order valence-electron chi connectivity index (χ0n) is 17.5. The van der Waals surface area contributed by atoms with E-state index in [0.717, 1.165) is 19.3 Å². The van der Waals surface area contributed by atoms with Crippen LogP contribution in [-0.2, 0) is 14.3 Å². The van der Waals surface area contributed by atoms with Gasteiger partial charge in [-0.2, -0.15) is 0 Å². The van der Waals surface area contributed by atoms with Crippen molar-refractivity contribution in [2.75, 3.05) is 33.4 Å². The molecule has 1 spiro atoms. The highest BCUT2D eigenvalue weighted by atomic mass is 16.7. The third kappa shape index (κ3) is 4.29. The molecule has 7 nitrogen and oxygen atoms in total. The molecule has 30 heavy (non-hydrogen) atoms. The van der Waals surface area contributed by atoms with Gasteiger partial charge in [0.15, 0.2) is 5.79 Å². The normalized spacial score (nSPS) is 28.0. The molecule has 0 N–H and O–H groups in total. The number of hydrogen-bond acceptors (Lipinski definition) is 6. The Morgan fingerprint density at radius 3 is 2.73 bits per heavy atom. The second-order valence-corrected chi connectivity index (χ2v) is 8.47. The molecule has 2 amide bonds. The molecule has 7 heteroatoms. The Hall–Kier alpha value is -2.22. The number of ether oxygens (including phenoxy) is 3. The molecule has 3 atom stereocenters. The van der Waals surface area contributed by atoms with E-state index in [1.165, 1.54) is 4.90 Å². The largest absolute Gasteiger partial charge is 0.422 e. The molecule has 3 fully saturated rings. The van der Waals surface area contributed by atoms with Crippen molar-refractivity contribution in [3.8, 4) is 5.75 Å². The molecule has 0 bridgehead atoms. The summed E-state index contributed by atoms with van der Waals surface area (Å²) in [5.74, 6) is -0.278. The van der Waals surface area contributed by atoms with Crippen LogP contribution < -0.4 is 4.74 Å². The molecule has 0 unspecified atom stereocenters. The number of carbonyl (C=O) groups is 2. The summed E-state index contributed by atoms with van der Waals surface area (Å²) in [6, 6.07) is 9.20. The molecular formula is C23H30N2O5. The molecule has 1 aromatic rings. The van der Waals surface area contributed by atoms with Crippen molar-refractivity contribution in [3.63, 3.8) is 0 Å². The number of imide groups is 1. The Bertz CT molecular complexity index is 777. The van der Waals surface area contributed by atoms with Gasteiger partial charge in [0.1, 0.15) is 5.75 Å². The number of para-hydroxylation sites is 1. The summed E-state index contributed by atoms with van der Waals surface area (Å²) in [4.78, 5) is 29.5. The molecule has 2 aliphatic heterocycles. The molecule has 4 rings (SSSR count). The first-order chi connectivity index (χ1) is 14.5. The summed E-state index contributed by atoms with van der Waals surface area (Å²) in [6.45, 7) is 5.71. The highest BCUT2D eigenvalue weighted by Gasteiger charge is 2.49. The van der Waals surface area contributed by atoms with Crippen LogP contribution in [0.1, 0.15) is 25.7 Å². The zero-order chi connectivity index (χ0) is 21.1. The number of carbonyl (C=O) groups excluding carboxylic acids is 2. The lowest BCUT2D eigenvalue weighted by Crippen LogP contribution is -2.56. The molecule has 1 saturated carbocycles. The zero-order valence-corrected chi connectivity index (χ0v) is 17.5.